The summed E-state index contributed by atoms with van der Waals surface area (Å²) < 4.78 is 3.52. The number of aromatic nitrogens is 2. The van der Waals surface area contributed by atoms with E-state index in [1.165, 1.54) is 16.7 Å². The van der Waals surface area contributed by atoms with E-state index in [0.29, 0.717) is 17.9 Å². The molecule has 0 amide bonds. The van der Waals surface area contributed by atoms with Gasteiger partial charge in [0.2, 0.25) is 0 Å². The van der Waals surface area contributed by atoms with Crippen molar-refractivity contribution in [1.82, 2.24) is 9.13 Å². The molecule has 0 fully saturated rings. The van der Waals surface area contributed by atoms with Crippen LogP contribution >= 0.6 is 12.2 Å². The smallest absolute Gasteiger partial charge is 0.330 e. The van der Waals surface area contributed by atoms with Crippen molar-refractivity contribution in [3.63, 3.8) is 0 Å². The number of hydrogen-bond donors (Lipinski definition) is 0. The molecule has 0 aliphatic carbocycles. The van der Waals surface area contributed by atoms with Gasteiger partial charge in [0.15, 0.2) is 0 Å². The number of nitro benzene ring substituents is 1. The van der Waals surface area contributed by atoms with Crippen LogP contribution in [0.2, 0.25) is 0 Å². The van der Waals surface area contributed by atoms with Crippen LogP contribution in [-0.2, 0) is 20.6 Å². The van der Waals surface area contributed by atoms with E-state index in [4.69, 9.17) is 12.2 Å². The maximum atomic E-state index is 12.2. The van der Waals surface area contributed by atoms with Crippen LogP contribution in [0.1, 0.15) is 5.56 Å². The van der Waals surface area contributed by atoms with Gasteiger partial charge in [0.1, 0.15) is 16.1 Å². The van der Waals surface area contributed by atoms with E-state index >= 15 is 0 Å². The van der Waals surface area contributed by atoms with Crippen LogP contribution in [0.15, 0.2) is 29.1 Å². The highest BCUT2D eigenvalue weighted by Gasteiger charge is 2.29. The Hall–Kier alpha value is -2.68. The molecule has 0 radical (unpaired) electrons. The fourth-order valence-corrected chi connectivity index (χ4v) is 3.29. The minimum atomic E-state index is -0.417. The molecular weight excluding hydrogens is 330 g/mol. The van der Waals surface area contributed by atoms with Crippen LogP contribution in [-0.4, -0.2) is 27.8 Å². The summed E-state index contributed by atoms with van der Waals surface area (Å²) in [7, 11) is 5.29. The van der Waals surface area contributed by atoms with Gasteiger partial charge in [0.05, 0.1) is 11.6 Å². The highest BCUT2D eigenvalue weighted by molar-refractivity contribution is 7.71. The summed E-state index contributed by atoms with van der Waals surface area (Å²) in [6.07, 6.45) is 0. The molecule has 1 aromatic heterocycles. The molecule has 2 heterocycles. The fourth-order valence-electron chi connectivity index (χ4n) is 3.00. The van der Waals surface area contributed by atoms with E-state index in [9.17, 15) is 14.9 Å². The minimum absolute atomic E-state index is 0.0652. The Morgan fingerprint density at radius 2 is 1.79 bits per heavy atom. The van der Waals surface area contributed by atoms with Gasteiger partial charge in [0.25, 0.3) is 5.69 Å². The molecule has 0 saturated carbocycles. The van der Waals surface area contributed by atoms with Gasteiger partial charge in [-0.1, -0.05) is 24.4 Å². The maximum Gasteiger partial charge on any atom is 0.330 e. The monoisotopic (exact) mass is 347 g/mol. The second-order valence-electron chi connectivity index (χ2n) is 5.84. The van der Waals surface area contributed by atoms with Crippen molar-refractivity contribution in [1.29, 1.82) is 0 Å². The Bertz CT molecular complexity index is 932. The molecule has 0 N–H and O–H groups in total. The Morgan fingerprint density at radius 3 is 2.38 bits per heavy atom. The van der Waals surface area contributed by atoms with Gasteiger partial charge in [-0.15, -0.1) is 0 Å². The Kier molecular flexibility index (Phi) is 3.88. The summed E-state index contributed by atoms with van der Waals surface area (Å²) in [5.41, 5.74) is 1.67. The van der Waals surface area contributed by atoms with Crippen molar-refractivity contribution in [2.45, 2.75) is 6.54 Å². The summed E-state index contributed by atoms with van der Waals surface area (Å²) in [6, 6.07) is 6.46. The van der Waals surface area contributed by atoms with E-state index in [-0.39, 0.29) is 11.4 Å². The second-order valence-corrected chi connectivity index (χ2v) is 6.23. The summed E-state index contributed by atoms with van der Waals surface area (Å²) in [5.74, 6) is 0.782. The van der Waals surface area contributed by atoms with E-state index in [1.54, 1.807) is 30.8 Å². The molecular formula is C15H17N5O3S. The first-order valence-electron chi connectivity index (χ1n) is 7.30. The molecule has 9 heteroatoms. The van der Waals surface area contributed by atoms with E-state index < -0.39 is 4.92 Å². The molecule has 2 aromatic rings. The molecule has 0 saturated heterocycles. The number of rotatable bonds is 3. The molecule has 1 aliphatic rings. The van der Waals surface area contributed by atoms with Gasteiger partial charge >= 0.3 is 5.69 Å². The molecule has 3 rings (SSSR count). The number of fused-ring (bicyclic) bond motifs is 1. The Morgan fingerprint density at radius 1 is 1.17 bits per heavy atom. The SMILES string of the molecule is CN1CN(Cc2ccc([N+](=O)[O-])cc2)c2c1n(C)c(=O)n(C)c2=S. The number of nitrogens with zero attached hydrogens (tertiary/aromatic N) is 5. The van der Waals surface area contributed by atoms with Crippen LogP contribution in [0.5, 0.6) is 0 Å². The van der Waals surface area contributed by atoms with Crippen molar-refractivity contribution in [2.75, 3.05) is 23.5 Å². The van der Waals surface area contributed by atoms with Crippen LogP contribution in [0.25, 0.3) is 0 Å². The van der Waals surface area contributed by atoms with Crippen LogP contribution in [0, 0.1) is 14.8 Å². The minimum Gasteiger partial charge on any atom is -0.344 e. The number of anilines is 2. The van der Waals surface area contributed by atoms with E-state index in [2.05, 4.69) is 4.90 Å². The predicted octanol–water partition coefficient (Wildman–Crippen LogP) is 1.78. The normalized spacial score (nSPS) is 13.3. The average molecular weight is 347 g/mol. The lowest BCUT2D eigenvalue weighted by Crippen LogP contribution is -2.30. The van der Waals surface area contributed by atoms with Crippen LogP contribution < -0.4 is 15.5 Å². The highest BCUT2D eigenvalue weighted by Crippen LogP contribution is 2.35. The third-order valence-electron chi connectivity index (χ3n) is 4.19. The standard InChI is InChI=1S/C15H17N5O3S/c1-16-9-19(8-10-4-6-11(7-5-10)20(22)23)12-13(16)17(2)15(21)18(3)14(12)24/h4-7H,8-9H2,1-3H3. The topological polar surface area (TPSA) is 76.6 Å². The third-order valence-corrected chi connectivity index (χ3v) is 4.66. The van der Waals surface area contributed by atoms with Gasteiger partial charge in [-0.2, -0.15) is 0 Å². The van der Waals surface area contributed by atoms with E-state index in [0.717, 1.165) is 17.1 Å². The molecule has 0 unspecified atom stereocenters. The molecule has 1 aliphatic heterocycles. The van der Waals surface area contributed by atoms with E-state index in [1.807, 2.05) is 11.9 Å². The first-order valence-corrected chi connectivity index (χ1v) is 7.71. The summed E-state index contributed by atoms with van der Waals surface area (Å²) in [4.78, 5) is 26.6. The molecule has 0 bridgehead atoms. The zero-order chi connectivity index (χ0) is 17.6. The lowest BCUT2D eigenvalue weighted by molar-refractivity contribution is -0.384. The maximum absolute atomic E-state index is 12.2. The van der Waals surface area contributed by atoms with Crippen LogP contribution in [0.3, 0.4) is 0 Å². The first-order chi connectivity index (χ1) is 11.3. The molecule has 0 atom stereocenters. The number of hydrogen-bond acceptors (Lipinski definition) is 6. The zero-order valence-corrected chi connectivity index (χ0v) is 14.4. The van der Waals surface area contributed by atoms with Gasteiger partial charge in [-0.3, -0.25) is 19.2 Å². The average Bonchev–Trinajstić information content (AvgIpc) is 2.87. The first kappa shape index (κ1) is 16.2. The molecule has 126 valence electrons. The van der Waals surface area contributed by atoms with Crippen molar-refractivity contribution >= 4 is 29.4 Å². The molecule has 0 spiro atoms. The Balaban J connectivity index is 2.01. The van der Waals surface area contributed by atoms with Crippen LogP contribution in [0.4, 0.5) is 17.2 Å². The number of non-ortho nitro benzene ring substituents is 1. The number of benzene rings is 1. The third kappa shape index (κ3) is 2.46. The summed E-state index contributed by atoms with van der Waals surface area (Å²) in [6.45, 7) is 1.14. The fraction of sp³-hybridized carbons (Fsp3) is 0.333. The quantitative estimate of drug-likeness (QED) is 0.478. The van der Waals surface area contributed by atoms with Crippen molar-refractivity contribution in [3.05, 3.63) is 55.1 Å². The predicted molar refractivity (Wildman–Crippen MR) is 94.0 cm³/mol. The lowest BCUT2D eigenvalue weighted by Gasteiger charge is -2.19. The van der Waals surface area contributed by atoms with Gasteiger partial charge in [-0.05, 0) is 5.56 Å². The van der Waals surface area contributed by atoms with Crippen molar-refractivity contribution in [3.8, 4) is 0 Å². The zero-order valence-electron chi connectivity index (χ0n) is 13.6. The van der Waals surface area contributed by atoms with Crippen molar-refractivity contribution < 1.29 is 4.92 Å². The summed E-state index contributed by atoms with van der Waals surface area (Å²) in [5, 5.41) is 10.8. The molecule has 1 aromatic carbocycles. The number of nitro groups is 1. The Labute approximate surface area is 143 Å². The second kappa shape index (κ2) is 5.75. The highest BCUT2D eigenvalue weighted by atomic mass is 32.1. The van der Waals surface area contributed by atoms with Gasteiger partial charge in [-0.25, -0.2) is 4.79 Å². The van der Waals surface area contributed by atoms with Gasteiger partial charge in [0, 0.05) is 39.8 Å². The largest absolute Gasteiger partial charge is 0.344 e. The van der Waals surface area contributed by atoms with Gasteiger partial charge < -0.3 is 9.80 Å². The lowest BCUT2D eigenvalue weighted by atomic mass is 10.2. The summed E-state index contributed by atoms with van der Waals surface area (Å²) >= 11 is 5.46. The van der Waals surface area contributed by atoms with Crippen molar-refractivity contribution in [2.24, 2.45) is 14.1 Å². The molecule has 24 heavy (non-hydrogen) atoms. The molecule has 8 nitrogen and oxygen atoms in total.